The van der Waals surface area contributed by atoms with Crippen LogP contribution in [-0.4, -0.2) is 12.6 Å². The maximum Gasteiger partial charge on any atom is 0.333 e. The summed E-state index contributed by atoms with van der Waals surface area (Å²) >= 11 is 0. The summed E-state index contributed by atoms with van der Waals surface area (Å²) in [6, 6.07) is 0. The number of esters is 1. The van der Waals surface area contributed by atoms with Crippen LogP contribution < -0.4 is 0 Å². The van der Waals surface area contributed by atoms with Crippen LogP contribution in [-0.2, 0) is 9.53 Å². The molecular weight excluding hydrogens is 344 g/mol. The lowest BCUT2D eigenvalue weighted by molar-refractivity contribution is -0.139. The van der Waals surface area contributed by atoms with Crippen LogP contribution >= 0.6 is 0 Å². The van der Waals surface area contributed by atoms with E-state index in [1.807, 2.05) is 0 Å². The monoisotopic (exact) mass is 394 g/mol. The maximum atomic E-state index is 11.3. The number of rotatable bonds is 21. The molecule has 0 radical (unpaired) electrons. The Morgan fingerprint density at radius 3 is 1.54 bits per heavy atom. The lowest BCUT2D eigenvalue weighted by Gasteiger charge is -2.11. The van der Waals surface area contributed by atoms with Gasteiger partial charge in [0.2, 0.25) is 0 Å². The Labute approximate surface area is 176 Å². The van der Waals surface area contributed by atoms with Crippen LogP contribution in [0.15, 0.2) is 12.2 Å². The maximum absolute atomic E-state index is 11.3. The van der Waals surface area contributed by atoms with Crippen molar-refractivity contribution in [1.29, 1.82) is 0 Å². The molecular formula is C26H50O2. The van der Waals surface area contributed by atoms with E-state index in [0.717, 1.165) is 18.8 Å². The Kier molecular flexibility index (Phi) is 20.3. The summed E-state index contributed by atoms with van der Waals surface area (Å²) in [5, 5.41) is 0. The number of ether oxygens (including phenoxy) is 1. The van der Waals surface area contributed by atoms with Gasteiger partial charge < -0.3 is 4.74 Å². The highest BCUT2D eigenvalue weighted by Crippen LogP contribution is 2.18. The van der Waals surface area contributed by atoms with Crippen molar-refractivity contribution >= 4 is 5.97 Å². The van der Waals surface area contributed by atoms with Gasteiger partial charge in [0.05, 0.1) is 6.61 Å². The minimum absolute atomic E-state index is 0.254. The van der Waals surface area contributed by atoms with E-state index in [9.17, 15) is 4.79 Å². The van der Waals surface area contributed by atoms with Crippen molar-refractivity contribution in [3.63, 3.8) is 0 Å². The highest BCUT2D eigenvalue weighted by atomic mass is 16.5. The third kappa shape index (κ3) is 20.0. The molecule has 2 nitrogen and oxygen atoms in total. The largest absolute Gasteiger partial charge is 0.462 e. The summed E-state index contributed by atoms with van der Waals surface area (Å²) in [5.74, 6) is 0.546. The summed E-state index contributed by atoms with van der Waals surface area (Å²) in [5.41, 5.74) is 0.492. The minimum atomic E-state index is -0.254. The van der Waals surface area contributed by atoms with Crippen LogP contribution in [0.3, 0.4) is 0 Å². The normalized spacial score (nSPS) is 12.1. The van der Waals surface area contributed by atoms with Gasteiger partial charge in [-0.2, -0.15) is 0 Å². The predicted molar refractivity (Wildman–Crippen MR) is 124 cm³/mol. The molecule has 2 heteroatoms. The molecule has 0 spiro atoms. The van der Waals surface area contributed by atoms with Crippen molar-refractivity contribution in [2.24, 2.45) is 5.92 Å². The fourth-order valence-electron chi connectivity index (χ4n) is 3.71. The molecule has 0 rings (SSSR count). The summed E-state index contributed by atoms with van der Waals surface area (Å²) in [6.45, 7) is 10.5. The van der Waals surface area contributed by atoms with E-state index in [1.54, 1.807) is 6.92 Å². The Balaban J connectivity index is 3.21. The van der Waals surface area contributed by atoms with E-state index >= 15 is 0 Å². The van der Waals surface area contributed by atoms with E-state index in [-0.39, 0.29) is 5.97 Å². The SMILES string of the molecule is C=C(C)C(=O)OCCCCC(C)CCCCCCCCCCCCCCCC. The summed E-state index contributed by atoms with van der Waals surface area (Å²) < 4.78 is 5.13. The third-order valence-electron chi connectivity index (χ3n) is 5.72. The molecule has 0 fully saturated rings. The molecule has 0 aliphatic carbocycles. The van der Waals surface area contributed by atoms with Crippen molar-refractivity contribution in [3.8, 4) is 0 Å². The molecule has 1 atom stereocenters. The van der Waals surface area contributed by atoms with Gasteiger partial charge in [-0.15, -0.1) is 0 Å². The second kappa shape index (κ2) is 20.9. The molecule has 0 aromatic rings. The molecule has 0 aliphatic rings. The fourth-order valence-corrected chi connectivity index (χ4v) is 3.71. The van der Waals surface area contributed by atoms with E-state index in [4.69, 9.17) is 4.74 Å². The Hall–Kier alpha value is -0.790. The summed E-state index contributed by atoms with van der Waals surface area (Å²) in [4.78, 5) is 11.3. The zero-order valence-electron chi connectivity index (χ0n) is 19.5. The van der Waals surface area contributed by atoms with Crippen molar-refractivity contribution < 1.29 is 9.53 Å². The second-order valence-electron chi connectivity index (χ2n) is 8.90. The molecule has 0 N–H and O–H groups in total. The van der Waals surface area contributed by atoms with E-state index in [2.05, 4.69) is 20.4 Å². The molecule has 166 valence electrons. The van der Waals surface area contributed by atoms with E-state index < -0.39 is 0 Å². The van der Waals surface area contributed by atoms with Crippen molar-refractivity contribution in [2.75, 3.05) is 6.61 Å². The molecule has 0 bridgehead atoms. The van der Waals surface area contributed by atoms with Crippen LogP contribution in [0.2, 0.25) is 0 Å². The lowest BCUT2D eigenvalue weighted by Crippen LogP contribution is -2.06. The van der Waals surface area contributed by atoms with Crippen molar-refractivity contribution in [2.45, 2.75) is 136 Å². The molecule has 0 heterocycles. The van der Waals surface area contributed by atoms with Crippen LogP contribution in [0.1, 0.15) is 136 Å². The molecule has 0 saturated carbocycles. The first-order chi connectivity index (χ1) is 13.6. The van der Waals surface area contributed by atoms with E-state index in [0.29, 0.717) is 12.2 Å². The Bertz CT molecular complexity index is 361. The first-order valence-electron chi connectivity index (χ1n) is 12.4. The van der Waals surface area contributed by atoms with Gasteiger partial charge in [-0.05, 0) is 25.7 Å². The van der Waals surface area contributed by atoms with Crippen LogP contribution in [0.25, 0.3) is 0 Å². The molecule has 1 unspecified atom stereocenters. The standard InChI is InChI=1S/C26H50O2/c1-5-6-7-8-9-10-11-12-13-14-15-16-17-18-21-25(4)22-19-20-23-28-26(27)24(2)3/h25H,2,5-23H2,1,3-4H3. The first-order valence-corrected chi connectivity index (χ1v) is 12.4. The van der Waals surface area contributed by atoms with Gasteiger partial charge >= 0.3 is 5.97 Å². The highest BCUT2D eigenvalue weighted by Gasteiger charge is 2.04. The van der Waals surface area contributed by atoms with Crippen molar-refractivity contribution in [1.82, 2.24) is 0 Å². The average Bonchev–Trinajstić information content (AvgIpc) is 2.67. The minimum Gasteiger partial charge on any atom is -0.462 e. The predicted octanol–water partition coefficient (Wildman–Crippen LogP) is 8.78. The van der Waals surface area contributed by atoms with Gasteiger partial charge in [0.25, 0.3) is 0 Å². The molecule has 0 aliphatic heterocycles. The number of carbonyl (C=O) groups excluding carboxylic acids is 1. The molecule has 0 aromatic carbocycles. The second-order valence-corrected chi connectivity index (χ2v) is 8.90. The summed E-state index contributed by atoms with van der Waals surface area (Å²) in [7, 11) is 0. The number of hydrogen-bond donors (Lipinski definition) is 0. The van der Waals surface area contributed by atoms with Gasteiger partial charge in [-0.1, -0.05) is 123 Å². The topological polar surface area (TPSA) is 26.3 Å². The van der Waals surface area contributed by atoms with E-state index in [1.165, 1.54) is 103 Å². The average molecular weight is 395 g/mol. The fraction of sp³-hybridized carbons (Fsp3) is 0.885. The quantitative estimate of drug-likeness (QED) is 0.110. The van der Waals surface area contributed by atoms with Crippen LogP contribution in [0, 0.1) is 5.92 Å². The lowest BCUT2D eigenvalue weighted by atomic mass is 9.96. The zero-order valence-corrected chi connectivity index (χ0v) is 19.5. The van der Waals surface area contributed by atoms with Gasteiger partial charge in [0.1, 0.15) is 0 Å². The van der Waals surface area contributed by atoms with Gasteiger partial charge in [-0.25, -0.2) is 4.79 Å². The zero-order chi connectivity index (χ0) is 20.9. The van der Waals surface area contributed by atoms with Crippen LogP contribution in [0.5, 0.6) is 0 Å². The van der Waals surface area contributed by atoms with Gasteiger partial charge in [0.15, 0.2) is 0 Å². The third-order valence-corrected chi connectivity index (χ3v) is 5.72. The molecule has 28 heavy (non-hydrogen) atoms. The number of hydrogen-bond acceptors (Lipinski definition) is 2. The number of unbranched alkanes of at least 4 members (excludes halogenated alkanes) is 14. The highest BCUT2D eigenvalue weighted by molar-refractivity contribution is 5.86. The Morgan fingerprint density at radius 1 is 0.714 bits per heavy atom. The summed E-state index contributed by atoms with van der Waals surface area (Å²) in [6.07, 6.45) is 24.7. The van der Waals surface area contributed by atoms with Gasteiger partial charge in [0, 0.05) is 5.57 Å². The molecule has 0 amide bonds. The first kappa shape index (κ1) is 27.2. The number of carbonyl (C=O) groups is 1. The van der Waals surface area contributed by atoms with Gasteiger partial charge in [-0.3, -0.25) is 0 Å². The smallest absolute Gasteiger partial charge is 0.333 e. The molecule has 0 aromatic heterocycles. The Morgan fingerprint density at radius 2 is 1.11 bits per heavy atom. The van der Waals surface area contributed by atoms with Crippen LogP contribution in [0.4, 0.5) is 0 Å². The molecule has 0 saturated heterocycles. The van der Waals surface area contributed by atoms with Crippen molar-refractivity contribution in [3.05, 3.63) is 12.2 Å².